The molecule has 19 heavy (non-hydrogen) atoms. The second-order valence-corrected chi connectivity index (χ2v) is 5.55. The van der Waals surface area contributed by atoms with E-state index in [0.717, 1.165) is 19.3 Å². The van der Waals surface area contributed by atoms with Crippen LogP contribution in [0.2, 0.25) is 0 Å². The number of hydrogen-bond acceptors (Lipinski definition) is 2. The number of hydrogen-bond donors (Lipinski definition) is 0. The van der Waals surface area contributed by atoms with Crippen LogP contribution in [0.25, 0.3) is 0 Å². The van der Waals surface area contributed by atoms with Crippen molar-refractivity contribution in [3.8, 4) is 5.75 Å². The number of rotatable bonds is 4. The quantitative estimate of drug-likeness (QED) is 0.772. The van der Waals surface area contributed by atoms with Gasteiger partial charge in [0, 0.05) is 11.5 Å². The second kappa shape index (κ2) is 4.91. The number of ether oxygens (including phenoxy) is 1. The lowest BCUT2D eigenvalue weighted by atomic mass is 9.83. The van der Waals surface area contributed by atoms with Crippen LogP contribution < -0.4 is 4.74 Å². The Kier molecular flexibility index (Phi) is 3.25. The lowest BCUT2D eigenvalue weighted by Crippen LogP contribution is -2.21. The van der Waals surface area contributed by atoms with E-state index in [0.29, 0.717) is 17.4 Å². The lowest BCUT2D eigenvalue weighted by molar-refractivity contribution is -0.0498. The molecule has 2 aliphatic rings. The van der Waals surface area contributed by atoms with Crippen LogP contribution in [0.4, 0.5) is 8.78 Å². The Hall–Kier alpha value is -1.45. The predicted octanol–water partition coefficient (Wildman–Crippen LogP) is 3.91. The van der Waals surface area contributed by atoms with Crippen molar-refractivity contribution in [1.82, 2.24) is 0 Å². The Balaban J connectivity index is 1.76. The van der Waals surface area contributed by atoms with E-state index in [2.05, 4.69) is 4.74 Å². The van der Waals surface area contributed by atoms with E-state index in [1.807, 2.05) is 0 Å². The van der Waals surface area contributed by atoms with Gasteiger partial charge in [-0.2, -0.15) is 8.78 Å². The first-order chi connectivity index (χ1) is 9.13. The van der Waals surface area contributed by atoms with Gasteiger partial charge in [0.1, 0.15) is 5.75 Å². The molecule has 4 heteroatoms. The predicted molar refractivity (Wildman–Crippen MR) is 66.3 cm³/mol. The van der Waals surface area contributed by atoms with Gasteiger partial charge in [-0.05, 0) is 43.2 Å². The highest BCUT2D eigenvalue weighted by Crippen LogP contribution is 2.49. The number of fused-ring (bicyclic) bond motifs is 2. The molecule has 2 saturated carbocycles. The van der Waals surface area contributed by atoms with Crippen LogP contribution in [0.1, 0.15) is 36.0 Å². The molecule has 0 heterocycles. The zero-order chi connectivity index (χ0) is 13.4. The van der Waals surface area contributed by atoms with Crippen LogP contribution in [0.5, 0.6) is 5.75 Å². The highest BCUT2D eigenvalue weighted by Gasteiger charge is 2.43. The van der Waals surface area contributed by atoms with Gasteiger partial charge in [-0.15, -0.1) is 0 Å². The van der Waals surface area contributed by atoms with Gasteiger partial charge < -0.3 is 4.74 Å². The van der Waals surface area contributed by atoms with Crippen molar-refractivity contribution < 1.29 is 18.3 Å². The molecule has 1 aromatic rings. The van der Waals surface area contributed by atoms with Crippen molar-refractivity contribution in [2.45, 2.75) is 32.3 Å². The molecule has 0 radical (unpaired) electrons. The Morgan fingerprint density at radius 3 is 2.74 bits per heavy atom. The zero-order valence-corrected chi connectivity index (χ0v) is 10.5. The van der Waals surface area contributed by atoms with Gasteiger partial charge in [0.05, 0.1) is 0 Å². The SMILES string of the molecule is O=C(c1cccc(OC(F)F)c1)C1CC2CCC1C2. The second-order valence-electron chi connectivity index (χ2n) is 5.55. The number of Topliss-reactive ketones (excluding diaryl/α,β-unsaturated/α-hetero) is 1. The first-order valence-electron chi connectivity index (χ1n) is 6.72. The Morgan fingerprint density at radius 2 is 2.11 bits per heavy atom. The monoisotopic (exact) mass is 266 g/mol. The average Bonchev–Trinajstić information content (AvgIpc) is 2.99. The molecule has 0 saturated heterocycles. The van der Waals surface area contributed by atoms with Crippen LogP contribution in [0, 0.1) is 17.8 Å². The molecule has 2 bridgehead atoms. The van der Waals surface area contributed by atoms with Gasteiger partial charge in [0.2, 0.25) is 0 Å². The Labute approximate surface area is 110 Å². The first kappa shape index (κ1) is 12.6. The number of halogens is 2. The van der Waals surface area contributed by atoms with E-state index in [4.69, 9.17) is 0 Å². The molecule has 0 spiro atoms. The van der Waals surface area contributed by atoms with Gasteiger partial charge in [0.25, 0.3) is 0 Å². The van der Waals surface area contributed by atoms with Gasteiger partial charge in [-0.3, -0.25) is 4.79 Å². The maximum atomic E-state index is 12.4. The first-order valence-corrected chi connectivity index (χ1v) is 6.72. The molecular formula is C15H16F2O2. The van der Waals surface area contributed by atoms with Crippen molar-refractivity contribution >= 4 is 5.78 Å². The third-order valence-corrected chi connectivity index (χ3v) is 4.42. The lowest BCUT2D eigenvalue weighted by Gasteiger charge is -2.20. The molecule has 3 unspecified atom stereocenters. The van der Waals surface area contributed by atoms with Crippen LogP contribution in [0.15, 0.2) is 24.3 Å². The van der Waals surface area contributed by atoms with E-state index in [-0.39, 0.29) is 17.5 Å². The standard InChI is InChI=1S/C15H16F2O2/c16-15(17)19-12-3-1-2-11(8-12)14(18)13-7-9-4-5-10(13)6-9/h1-3,8-10,13,15H,4-7H2. The molecule has 2 nitrogen and oxygen atoms in total. The average molecular weight is 266 g/mol. The van der Waals surface area contributed by atoms with Crippen LogP contribution in [0.3, 0.4) is 0 Å². The molecule has 0 aromatic heterocycles. The van der Waals surface area contributed by atoms with Gasteiger partial charge >= 0.3 is 6.61 Å². The fourth-order valence-electron chi connectivity index (χ4n) is 3.61. The zero-order valence-electron chi connectivity index (χ0n) is 10.5. The summed E-state index contributed by atoms with van der Waals surface area (Å²) in [4.78, 5) is 12.4. The topological polar surface area (TPSA) is 26.3 Å². The fraction of sp³-hybridized carbons (Fsp3) is 0.533. The van der Waals surface area contributed by atoms with E-state index in [1.165, 1.54) is 18.6 Å². The molecule has 3 rings (SSSR count). The largest absolute Gasteiger partial charge is 0.435 e. The van der Waals surface area contributed by atoms with Crippen molar-refractivity contribution in [3.63, 3.8) is 0 Å². The normalized spacial score (nSPS) is 28.9. The molecule has 2 fully saturated rings. The summed E-state index contributed by atoms with van der Waals surface area (Å²) in [6.45, 7) is -2.85. The minimum Gasteiger partial charge on any atom is -0.435 e. The smallest absolute Gasteiger partial charge is 0.387 e. The molecule has 0 aliphatic heterocycles. The fourth-order valence-corrected chi connectivity index (χ4v) is 3.61. The van der Waals surface area contributed by atoms with Crippen molar-refractivity contribution in [3.05, 3.63) is 29.8 Å². The minimum absolute atomic E-state index is 0.0593. The number of benzene rings is 1. The van der Waals surface area contributed by atoms with Crippen molar-refractivity contribution in [1.29, 1.82) is 0 Å². The molecule has 102 valence electrons. The van der Waals surface area contributed by atoms with E-state index >= 15 is 0 Å². The van der Waals surface area contributed by atoms with E-state index in [9.17, 15) is 13.6 Å². The Morgan fingerprint density at radius 1 is 1.26 bits per heavy atom. The summed E-state index contributed by atoms with van der Waals surface area (Å²) in [6, 6.07) is 6.16. The van der Waals surface area contributed by atoms with Gasteiger partial charge in [-0.1, -0.05) is 18.6 Å². The number of ketones is 1. The Bertz CT molecular complexity index is 487. The van der Waals surface area contributed by atoms with Gasteiger partial charge in [-0.25, -0.2) is 0 Å². The van der Waals surface area contributed by atoms with Crippen molar-refractivity contribution in [2.24, 2.45) is 17.8 Å². The number of carbonyl (C=O) groups excluding carboxylic acids is 1. The van der Waals surface area contributed by atoms with E-state index < -0.39 is 6.61 Å². The molecule has 0 amide bonds. The molecule has 2 aliphatic carbocycles. The van der Waals surface area contributed by atoms with Crippen LogP contribution >= 0.6 is 0 Å². The molecule has 1 aromatic carbocycles. The molecule has 3 atom stereocenters. The summed E-state index contributed by atoms with van der Waals surface area (Å²) in [5.41, 5.74) is 0.496. The third-order valence-electron chi connectivity index (χ3n) is 4.42. The molecular weight excluding hydrogens is 250 g/mol. The van der Waals surface area contributed by atoms with Crippen LogP contribution in [-0.4, -0.2) is 12.4 Å². The minimum atomic E-state index is -2.85. The molecule has 0 N–H and O–H groups in total. The highest BCUT2D eigenvalue weighted by molar-refractivity contribution is 5.98. The maximum absolute atomic E-state index is 12.4. The number of carbonyl (C=O) groups is 1. The van der Waals surface area contributed by atoms with Gasteiger partial charge in [0.15, 0.2) is 5.78 Å². The van der Waals surface area contributed by atoms with Crippen molar-refractivity contribution in [2.75, 3.05) is 0 Å². The third kappa shape index (κ3) is 2.48. The van der Waals surface area contributed by atoms with Crippen LogP contribution in [-0.2, 0) is 0 Å². The summed E-state index contributed by atoms with van der Waals surface area (Å²) in [5.74, 6) is 1.42. The number of alkyl halides is 2. The van der Waals surface area contributed by atoms with E-state index in [1.54, 1.807) is 12.1 Å². The summed E-state index contributed by atoms with van der Waals surface area (Å²) in [6.07, 6.45) is 4.49. The summed E-state index contributed by atoms with van der Waals surface area (Å²) >= 11 is 0. The summed E-state index contributed by atoms with van der Waals surface area (Å²) in [7, 11) is 0. The summed E-state index contributed by atoms with van der Waals surface area (Å²) in [5, 5.41) is 0. The summed E-state index contributed by atoms with van der Waals surface area (Å²) < 4.78 is 28.7. The highest BCUT2D eigenvalue weighted by atomic mass is 19.3. The maximum Gasteiger partial charge on any atom is 0.387 e.